The molecule has 0 saturated carbocycles. The Balaban J connectivity index is 1.74. The Kier molecular flexibility index (Phi) is 5.44. The largest absolute Gasteiger partial charge is 0.378 e. The van der Waals surface area contributed by atoms with E-state index in [1.807, 2.05) is 6.07 Å². The number of hydrogen-bond donors (Lipinski definition) is 1. The van der Waals surface area contributed by atoms with E-state index < -0.39 is 26.2 Å². The fourth-order valence-corrected chi connectivity index (χ4v) is 3.89. The number of aromatic nitrogens is 3. The van der Waals surface area contributed by atoms with Crippen LogP contribution in [0.2, 0.25) is 0 Å². The first-order valence-electron chi connectivity index (χ1n) is 8.33. The third-order valence-electron chi connectivity index (χ3n) is 4.32. The molecule has 1 N–H and O–H groups in total. The van der Waals surface area contributed by atoms with Crippen LogP contribution < -0.4 is 20.9 Å². The standard InChI is InChI=1S/C16H21N5O5S/c1-19-11-13(15(22)20(2)16(19)23)27(24,25)18-10-12-3-4-14(17-9-12)21-5-7-26-8-6-21/h3-4,9,11,18H,5-8,10H2,1-2H3. The van der Waals surface area contributed by atoms with Crippen molar-refractivity contribution in [1.82, 2.24) is 18.8 Å². The number of hydrogen-bond acceptors (Lipinski definition) is 7. The third-order valence-corrected chi connectivity index (χ3v) is 5.70. The van der Waals surface area contributed by atoms with Crippen molar-refractivity contribution in [3.63, 3.8) is 0 Å². The summed E-state index contributed by atoms with van der Waals surface area (Å²) in [5.74, 6) is 0.803. The lowest BCUT2D eigenvalue weighted by Crippen LogP contribution is -2.41. The number of nitrogens with one attached hydrogen (secondary N) is 1. The molecule has 1 aliphatic rings. The second-order valence-electron chi connectivity index (χ2n) is 6.20. The van der Waals surface area contributed by atoms with E-state index in [1.165, 1.54) is 14.1 Å². The molecular formula is C16H21N5O5S. The average Bonchev–Trinajstić information content (AvgIpc) is 2.68. The topological polar surface area (TPSA) is 116 Å². The Bertz CT molecular complexity index is 1040. The van der Waals surface area contributed by atoms with Crippen LogP contribution in [0.4, 0.5) is 5.82 Å². The molecule has 3 rings (SSSR count). The lowest BCUT2D eigenvalue weighted by molar-refractivity contribution is 0.122. The molecule has 0 spiro atoms. The summed E-state index contributed by atoms with van der Waals surface area (Å²) in [6.45, 7) is 2.80. The maximum Gasteiger partial charge on any atom is 0.330 e. The number of nitrogens with zero attached hydrogens (tertiary/aromatic N) is 4. The van der Waals surface area contributed by atoms with Crippen LogP contribution in [0.15, 0.2) is 39.0 Å². The molecule has 1 fully saturated rings. The molecule has 0 atom stereocenters. The first-order valence-corrected chi connectivity index (χ1v) is 9.82. The zero-order valence-corrected chi connectivity index (χ0v) is 15.9. The highest BCUT2D eigenvalue weighted by molar-refractivity contribution is 7.89. The normalized spacial score (nSPS) is 15.1. The molecule has 0 unspecified atom stereocenters. The zero-order valence-electron chi connectivity index (χ0n) is 15.1. The summed E-state index contributed by atoms with van der Waals surface area (Å²) in [6.07, 6.45) is 2.61. The molecule has 1 saturated heterocycles. The smallest absolute Gasteiger partial charge is 0.330 e. The Hall–Kier alpha value is -2.50. The molecule has 1 aliphatic heterocycles. The molecule has 10 nitrogen and oxygen atoms in total. The number of morpholine rings is 1. The highest BCUT2D eigenvalue weighted by Crippen LogP contribution is 2.13. The summed E-state index contributed by atoms with van der Waals surface area (Å²) >= 11 is 0. The number of aryl methyl sites for hydroxylation is 1. The van der Waals surface area contributed by atoms with Crippen molar-refractivity contribution in [2.75, 3.05) is 31.2 Å². The van der Waals surface area contributed by atoms with Crippen molar-refractivity contribution < 1.29 is 13.2 Å². The Morgan fingerprint density at radius 1 is 1.19 bits per heavy atom. The van der Waals surface area contributed by atoms with Crippen LogP contribution in [-0.4, -0.2) is 48.8 Å². The minimum atomic E-state index is -4.08. The van der Waals surface area contributed by atoms with E-state index in [9.17, 15) is 18.0 Å². The lowest BCUT2D eigenvalue weighted by Gasteiger charge is -2.27. The fraction of sp³-hybridized carbons (Fsp3) is 0.438. The monoisotopic (exact) mass is 395 g/mol. The molecule has 2 aromatic heterocycles. The number of rotatable bonds is 5. The van der Waals surface area contributed by atoms with Gasteiger partial charge in [-0.1, -0.05) is 6.07 Å². The Labute approximate surface area is 156 Å². The molecule has 0 aromatic carbocycles. The Morgan fingerprint density at radius 3 is 2.52 bits per heavy atom. The molecule has 0 radical (unpaired) electrons. The van der Waals surface area contributed by atoms with Crippen molar-refractivity contribution >= 4 is 15.8 Å². The lowest BCUT2D eigenvalue weighted by atomic mass is 10.3. The fourth-order valence-electron chi connectivity index (χ4n) is 2.72. The maximum absolute atomic E-state index is 12.5. The molecule has 0 amide bonds. The van der Waals surface area contributed by atoms with Crippen LogP contribution >= 0.6 is 0 Å². The van der Waals surface area contributed by atoms with Crippen molar-refractivity contribution in [2.45, 2.75) is 11.4 Å². The average molecular weight is 395 g/mol. The predicted molar refractivity (Wildman–Crippen MR) is 98.2 cm³/mol. The van der Waals surface area contributed by atoms with Gasteiger partial charge in [-0.25, -0.2) is 22.9 Å². The van der Waals surface area contributed by atoms with Crippen LogP contribution in [0.1, 0.15) is 5.56 Å². The summed E-state index contributed by atoms with van der Waals surface area (Å²) in [5, 5.41) is 0. The van der Waals surface area contributed by atoms with E-state index in [-0.39, 0.29) is 6.54 Å². The maximum atomic E-state index is 12.5. The quantitative estimate of drug-likeness (QED) is 0.676. The predicted octanol–water partition coefficient (Wildman–Crippen LogP) is -1.21. The van der Waals surface area contributed by atoms with E-state index in [2.05, 4.69) is 14.6 Å². The van der Waals surface area contributed by atoms with Gasteiger partial charge < -0.3 is 14.2 Å². The van der Waals surface area contributed by atoms with Gasteiger partial charge in [-0.3, -0.25) is 9.36 Å². The van der Waals surface area contributed by atoms with Crippen molar-refractivity contribution in [2.24, 2.45) is 14.1 Å². The third kappa shape index (κ3) is 4.10. The summed E-state index contributed by atoms with van der Waals surface area (Å²) in [4.78, 5) is 29.8. The van der Waals surface area contributed by atoms with Gasteiger partial charge in [-0.05, 0) is 11.6 Å². The molecule has 2 aromatic rings. The number of sulfonamides is 1. The molecule has 3 heterocycles. The minimum Gasteiger partial charge on any atom is -0.378 e. The minimum absolute atomic E-state index is 0.0231. The molecule has 11 heteroatoms. The van der Waals surface area contributed by atoms with Gasteiger partial charge in [0.15, 0.2) is 4.90 Å². The van der Waals surface area contributed by atoms with Crippen molar-refractivity contribution in [3.05, 3.63) is 50.9 Å². The zero-order chi connectivity index (χ0) is 19.6. The SMILES string of the molecule is Cn1cc(S(=O)(=O)NCc2ccc(N3CCOCC3)nc2)c(=O)n(C)c1=O. The Morgan fingerprint density at radius 2 is 1.89 bits per heavy atom. The van der Waals surface area contributed by atoms with E-state index in [1.54, 1.807) is 12.3 Å². The van der Waals surface area contributed by atoms with Crippen LogP contribution in [0.5, 0.6) is 0 Å². The van der Waals surface area contributed by atoms with Crippen LogP contribution in [-0.2, 0) is 35.4 Å². The second kappa shape index (κ2) is 7.62. The van der Waals surface area contributed by atoms with Gasteiger partial charge in [-0.15, -0.1) is 0 Å². The molecule has 146 valence electrons. The number of anilines is 1. The van der Waals surface area contributed by atoms with Gasteiger partial charge in [0, 0.05) is 46.1 Å². The molecule has 0 aliphatic carbocycles. The summed E-state index contributed by atoms with van der Waals surface area (Å²) < 4.78 is 34.4. The van der Waals surface area contributed by atoms with Gasteiger partial charge >= 0.3 is 5.69 Å². The van der Waals surface area contributed by atoms with Gasteiger partial charge in [0.25, 0.3) is 5.56 Å². The summed E-state index contributed by atoms with van der Waals surface area (Å²) in [6, 6.07) is 3.60. The highest BCUT2D eigenvalue weighted by Gasteiger charge is 2.21. The molecule has 0 bridgehead atoms. The number of pyridine rings is 1. The first kappa shape index (κ1) is 19.3. The van der Waals surface area contributed by atoms with E-state index in [0.717, 1.165) is 34.2 Å². The van der Waals surface area contributed by atoms with Crippen LogP contribution in [0.25, 0.3) is 0 Å². The molecular weight excluding hydrogens is 374 g/mol. The van der Waals surface area contributed by atoms with Gasteiger partial charge in [0.1, 0.15) is 5.82 Å². The second-order valence-corrected chi connectivity index (χ2v) is 7.93. The van der Waals surface area contributed by atoms with Gasteiger partial charge in [-0.2, -0.15) is 0 Å². The van der Waals surface area contributed by atoms with Crippen molar-refractivity contribution in [3.8, 4) is 0 Å². The van der Waals surface area contributed by atoms with Gasteiger partial charge in [0.2, 0.25) is 10.0 Å². The van der Waals surface area contributed by atoms with Crippen LogP contribution in [0.3, 0.4) is 0 Å². The first-order chi connectivity index (χ1) is 12.8. The van der Waals surface area contributed by atoms with E-state index in [0.29, 0.717) is 18.8 Å². The molecule has 27 heavy (non-hydrogen) atoms. The number of ether oxygens (including phenoxy) is 1. The summed E-state index contributed by atoms with van der Waals surface area (Å²) in [7, 11) is -1.46. The van der Waals surface area contributed by atoms with E-state index in [4.69, 9.17) is 4.74 Å². The van der Waals surface area contributed by atoms with Crippen molar-refractivity contribution in [1.29, 1.82) is 0 Å². The highest BCUT2D eigenvalue weighted by atomic mass is 32.2. The van der Waals surface area contributed by atoms with Gasteiger partial charge in [0.05, 0.1) is 13.2 Å². The van der Waals surface area contributed by atoms with E-state index >= 15 is 0 Å². The summed E-state index contributed by atoms with van der Waals surface area (Å²) in [5.41, 5.74) is -0.814. The van der Waals surface area contributed by atoms with Crippen LogP contribution in [0, 0.1) is 0 Å².